The summed E-state index contributed by atoms with van der Waals surface area (Å²) in [7, 11) is 0. The second-order valence-corrected chi connectivity index (χ2v) is 6.38. The Balaban J connectivity index is 1.42. The van der Waals surface area contributed by atoms with Gasteiger partial charge in [0.25, 0.3) is 5.91 Å². The van der Waals surface area contributed by atoms with Crippen molar-refractivity contribution >= 4 is 22.2 Å². The van der Waals surface area contributed by atoms with Crippen LogP contribution in [0.3, 0.4) is 0 Å². The molecule has 7 heteroatoms. The van der Waals surface area contributed by atoms with E-state index >= 15 is 0 Å². The minimum Gasteiger partial charge on any atom is -0.350 e. The smallest absolute Gasteiger partial charge is 0.282 e. The first-order valence-corrected chi connectivity index (χ1v) is 8.17. The van der Waals surface area contributed by atoms with Crippen LogP contribution in [0.15, 0.2) is 30.3 Å². The normalized spacial score (nSPS) is 14.4. The predicted molar refractivity (Wildman–Crippen MR) is 83.1 cm³/mol. The first-order chi connectivity index (χ1) is 10.8. The molecule has 0 saturated heterocycles. The maximum Gasteiger partial charge on any atom is 0.282 e. The quantitative estimate of drug-likeness (QED) is 0.782. The van der Waals surface area contributed by atoms with Gasteiger partial charge in [-0.3, -0.25) is 4.79 Å². The number of hydrogen-bond donors (Lipinski definition) is 1. The van der Waals surface area contributed by atoms with E-state index in [2.05, 4.69) is 32.7 Å². The second kappa shape index (κ2) is 5.49. The average Bonchev–Trinajstić information content (AvgIpc) is 3.16. The molecule has 0 radical (unpaired) electrons. The summed E-state index contributed by atoms with van der Waals surface area (Å²) in [5, 5.41) is 16.0. The zero-order chi connectivity index (χ0) is 14.9. The van der Waals surface area contributed by atoms with Crippen LogP contribution in [0.4, 0.5) is 0 Å². The Morgan fingerprint density at radius 3 is 2.86 bits per heavy atom. The highest BCUT2D eigenvalue weighted by Crippen LogP contribution is 2.39. The van der Waals surface area contributed by atoms with Crippen molar-refractivity contribution in [2.24, 2.45) is 0 Å². The Morgan fingerprint density at radius 1 is 1.27 bits per heavy atom. The molecule has 4 rings (SSSR count). The number of benzene rings is 1. The van der Waals surface area contributed by atoms with Crippen molar-refractivity contribution in [2.75, 3.05) is 6.54 Å². The molecular formula is C15H15N5OS. The van der Waals surface area contributed by atoms with E-state index in [0.717, 1.165) is 25.1 Å². The van der Waals surface area contributed by atoms with E-state index in [9.17, 15) is 4.79 Å². The number of fused-ring (bicyclic) bond motifs is 1. The molecule has 0 atom stereocenters. The molecule has 6 nitrogen and oxygen atoms in total. The predicted octanol–water partition coefficient (Wildman–Crippen LogP) is 2.04. The van der Waals surface area contributed by atoms with Crippen LogP contribution in [0.2, 0.25) is 0 Å². The Hall–Kier alpha value is -2.28. The van der Waals surface area contributed by atoms with Crippen LogP contribution in [-0.4, -0.2) is 32.3 Å². The van der Waals surface area contributed by atoms with E-state index in [1.165, 1.54) is 16.9 Å². The van der Waals surface area contributed by atoms with Crippen LogP contribution >= 0.6 is 11.3 Å². The minimum absolute atomic E-state index is 0.145. The molecular weight excluding hydrogens is 298 g/mol. The lowest BCUT2D eigenvalue weighted by Gasteiger charge is -2.02. The van der Waals surface area contributed by atoms with Gasteiger partial charge in [0.05, 0.1) is 0 Å². The zero-order valence-corrected chi connectivity index (χ0v) is 12.7. The van der Waals surface area contributed by atoms with Crippen LogP contribution in [0.1, 0.15) is 39.9 Å². The fraction of sp³-hybridized carbons (Fsp3) is 0.333. The molecule has 0 unspecified atom stereocenters. The van der Waals surface area contributed by atoms with Crippen molar-refractivity contribution in [3.05, 3.63) is 46.7 Å². The highest BCUT2D eigenvalue weighted by atomic mass is 32.1. The molecule has 0 bridgehead atoms. The van der Waals surface area contributed by atoms with Crippen LogP contribution in [-0.2, 0) is 6.42 Å². The first-order valence-electron chi connectivity index (χ1n) is 7.35. The maximum atomic E-state index is 12.2. The van der Waals surface area contributed by atoms with Gasteiger partial charge in [0, 0.05) is 12.5 Å². The van der Waals surface area contributed by atoms with E-state index in [4.69, 9.17) is 0 Å². The fourth-order valence-corrected chi connectivity index (χ4v) is 3.12. The van der Waals surface area contributed by atoms with Crippen molar-refractivity contribution in [1.82, 2.24) is 25.1 Å². The Labute approximate surface area is 131 Å². The third-order valence-electron chi connectivity index (χ3n) is 3.69. The number of nitrogens with one attached hydrogen (secondary N) is 1. The third-order valence-corrected chi connectivity index (χ3v) is 4.59. The van der Waals surface area contributed by atoms with Gasteiger partial charge >= 0.3 is 0 Å². The number of aromatic nitrogens is 4. The largest absolute Gasteiger partial charge is 0.350 e. The molecule has 22 heavy (non-hydrogen) atoms. The molecule has 1 N–H and O–H groups in total. The summed E-state index contributed by atoms with van der Waals surface area (Å²) in [5.74, 6) is 1.20. The number of carbonyl (C=O) groups excluding carboxylic acids is 1. The summed E-state index contributed by atoms with van der Waals surface area (Å²) in [4.78, 5) is 12.9. The van der Waals surface area contributed by atoms with Crippen LogP contribution < -0.4 is 5.32 Å². The summed E-state index contributed by atoms with van der Waals surface area (Å²) >= 11 is 1.28. The summed E-state index contributed by atoms with van der Waals surface area (Å²) < 4.78 is 1.72. The third kappa shape index (κ3) is 2.59. The Kier molecular flexibility index (Phi) is 3.34. The van der Waals surface area contributed by atoms with E-state index in [-0.39, 0.29) is 5.91 Å². The van der Waals surface area contributed by atoms with Crippen molar-refractivity contribution in [1.29, 1.82) is 0 Å². The van der Waals surface area contributed by atoms with Crippen molar-refractivity contribution in [3.8, 4) is 0 Å². The lowest BCUT2D eigenvalue weighted by atomic mass is 10.1. The highest BCUT2D eigenvalue weighted by Gasteiger charge is 2.30. The first kappa shape index (κ1) is 13.4. The zero-order valence-electron chi connectivity index (χ0n) is 11.9. The summed E-state index contributed by atoms with van der Waals surface area (Å²) in [6, 6.07) is 10.1. The van der Waals surface area contributed by atoms with E-state index in [0.29, 0.717) is 22.4 Å². The van der Waals surface area contributed by atoms with Gasteiger partial charge in [-0.25, -0.2) is 0 Å². The SMILES string of the molecule is O=C(NCCc1ccccc1)c1nn2c(C3CC3)nnc2s1. The number of nitrogens with zero attached hydrogens (tertiary/aromatic N) is 4. The standard InChI is InChI=1S/C15H15N5OS/c21-13(16-9-8-10-4-2-1-3-5-10)14-19-20-12(11-6-7-11)17-18-15(20)22-14/h1-5,11H,6-9H2,(H,16,21). The highest BCUT2D eigenvalue weighted by molar-refractivity contribution is 7.18. The molecule has 1 amide bonds. The molecule has 2 heterocycles. The molecule has 2 aromatic heterocycles. The second-order valence-electron chi connectivity index (χ2n) is 5.43. The average molecular weight is 313 g/mol. The molecule has 1 aromatic carbocycles. The van der Waals surface area contributed by atoms with Gasteiger partial charge in [-0.1, -0.05) is 41.7 Å². The fourth-order valence-electron chi connectivity index (χ4n) is 2.36. The van der Waals surface area contributed by atoms with Crippen molar-refractivity contribution in [3.63, 3.8) is 0 Å². The number of amides is 1. The molecule has 3 aromatic rings. The van der Waals surface area contributed by atoms with E-state index in [1.54, 1.807) is 4.52 Å². The van der Waals surface area contributed by atoms with Crippen LogP contribution in [0, 0.1) is 0 Å². The topological polar surface area (TPSA) is 72.2 Å². The maximum absolute atomic E-state index is 12.2. The lowest BCUT2D eigenvalue weighted by molar-refractivity contribution is 0.0952. The Morgan fingerprint density at radius 2 is 2.09 bits per heavy atom. The molecule has 0 spiro atoms. The monoisotopic (exact) mass is 313 g/mol. The Bertz CT molecular complexity index is 806. The van der Waals surface area contributed by atoms with Gasteiger partial charge in [-0.05, 0) is 24.8 Å². The van der Waals surface area contributed by atoms with Gasteiger partial charge < -0.3 is 5.32 Å². The lowest BCUT2D eigenvalue weighted by Crippen LogP contribution is -2.25. The van der Waals surface area contributed by atoms with Gasteiger partial charge in [-0.2, -0.15) is 4.52 Å². The minimum atomic E-state index is -0.145. The van der Waals surface area contributed by atoms with Crippen LogP contribution in [0.5, 0.6) is 0 Å². The van der Waals surface area contributed by atoms with Crippen LogP contribution in [0.25, 0.3) is 4.96 Å². The van der Waals surface area contributed by atoms with Gasteiger partial charge in [0.2, 0.25) is 9.97 Å². The number of hydrogen-bond acceptors (Lipinski definition) is 5. The summed E-state index contributed by atoms with van der Waals surface area (Å²) in [6.45, 7) is 0.596. The van der Waals surface area contributed by atoms with Gasteiger partial charge in [0.15, 0.2) is 5.82 Å². The molecule has 1 aliphatic rings. The van der Waals surface area contributed by atoms with Gasteiger partial charge in [-0.15, -0.1) is 15.3 Å². The summed E-state index contributed by atoms with van der Waals surface area (Å²) in [6.07, 6.45) is 3.08. The van der Waals surface area contributed by atoms with E-state index < -0.39 is 0 Å². The molecule has 1 aliphatic carbocycles. The molecule has 112 valence electrons. The molecule has 0 aliphatic heterocycles. The number of carbonyl (C=O) groups is 1. The summed E-state index contributed by atoms with van der Waals surface area (Å²) in [5.41, 5.74) is 1.21. The molecule has 1 saturated carbocycles. The van der Waals surface area contributed by atoms with E-state index in [1.807, 2.05) is 18.2 Å². The van der Waals surface area contributed by atoms with Gasteiger partial charge in [0.1, 0.15) is 0 Å². The molecule has 1 fully saturated rings. The number of rotatable bonds is 5. The van der Waals surface area contributed by atoms with Crippen molar-refractivity contribution < 1.29 is 4.79 Å². The van der Waals surface area contributed by atoms with Crippen molar-refractivity contribution in [2.45, 2.75) is 25.2 Å².